The van der Waals surface area contributed by atoms with E-state index in [2.05, 4.69) is 0 Å². The molecule has 0 aliphatic heterocycles. The second-order valence-electron chi connectivity index (χ2n) is 4.08. The fourth-order valence-corrected chi connectivity index (χ4v) is 1.81. The third-order valence-corrected chi connectivity index (χ3v) is 2.98. The molecule has 108 valence electrons. The Morgan fingerprint density at radius 3 is 2.24 bits per heavy atom. The topological polar surface area (TPSA) is 95.5 Å². The first kappa shape index (κ1) is 14.7. The molecule has 21 heavy (non-hydrogen) atoms. The third kappa shape index (κ3) is 3.67. The predicted octanol–water partition coefficient (Wildman–Crippen LogP) is 3.74. The monoisotopic (exact) mass is 308 g/mol. The lowest BCUT2D eigenvalue weighted by atomic mass is 10.2. The van der Waals surface area contributed by atoms with Gasteiger partial charge in [-0.25, -0.2) is 0 Å². The summed E-state index contributed by atoms with van der Waals surface area (Å²) >= 11 is 5.71. The van der Waals surface area contributed by atoms with E-state index in [1.807, 2.05) is 0 Å². The highest BCUT2D eigenvalue weighted by molar-refractivity contribution is 6.32. The van der Waals surface area contributed by atoms with Gasteiger partial charge in [0.15, 0.2) is 0 Å². The van der Waals surface area contributed by atoms with Gasteiger partial charge in [0.05, 0.1) is 9.85 Å². The molecule has 0 aliphatic rings. The van der Waals surface area contributed by atoms with Crippen LogP contribution >= 0.6 is 11.6 Å². The SMILES string of the molecule is O=[N+]([O-])c1ccc(OCc2ccc(Cl)c([N+](=O)[O-])c2)cc1. The van der Waals surface area contributed by atoms with E-state index in [-0.39, 0.29) is 23.0 Å². The van der Waals surface area contributed by atoms with Gasteiger partial charge in [-0.15, -0.1) is 0 Å². The molecule has 0 spiro atoms. The molecule has 2 aromatic rings. The van der Waals surface area contributed by atoms with E-state index in [4.69, 9.17) is 16.3 Å². The molecule has 0 N–H and O–H groups in total. The number of hydrogen-bond acceptors (Lipinski definition) is 5. The summed E-state index contributed by atoms with van der Waals surface area (Å²) in [6, 6.07) is 9.92. The van der Waals surface area contributed by atoms with Crippen molar-refractivity contribution in [1.82, 2.24) is 0 Å². The molecule has 0 fully saturated rings. The van der Waals surface area contributed by atoms with Gasteiger partial charge in [0.1, 0.15) is 17.4 Å². The Morgan fingerprint density at radius 2 is 1.67 bits per heavy atom. The molecule has 0 saturated heterocycles. The number of non-ortho nitro benzene ring substituents is 1. The molecule has 8 heteroatoms. The Bertz CT molecular complexity index is 687. The number of rotatable bonds is 5. The van der Waals surface area contributed by atoms with Crippen molar-refractivity contribution in [2.24, 2.45) is 0 Å². The summed E-state index contributed by atoms with van der Waals surface area (Å²) in [6.45, 7) is 0.0931. The van der Waals surface area contributed by atoms with E-state index in [1.165, 1.54) is 36.4 Å². The minimum Gasteiger partial charge on any atom is -0.489 e. The molecule has 0 radical (unpaired) electrons. The fraction of sp³-hybridized carbons (Fsp3) is 0.0769. The third-order valence-electron chi connectivity index (χ3n) is 2.66. The van der Waals surface area contributed by atoms with Crippen LogP contribution in [0.2, 0.25) is 5.02 Å². The normalized spacial score (nSPS) is 10.1. The first-order chi connectivity index (χ1) is 9.97. The van der Waals surface area contributed by atoms with Crippen LogP contribution < -0.4 is 4.74 Å². The average Bonchev–Trinajstić information content (AvgIpc) is 2.46. The summed E-state index contributed by atoms with van der Waals surface area (Å²) in [6.07, 6.45) is 0. The van der Waals surface area contributed by atoms with Gasteiger partial charge in [0.2, 0.25) is 0 Å². The van der Waals surface area contributed by atoms with E-state index in [0.29, 0.717) is 11.3 Å². The summed E-state index contributed by atoms with van der Waals surface area (Å²) in [4.78, 5) is 20.2. The van der Waals surface area contributed by atoms with Gasteiger partial charge >= 0.3 is 0 Å². The van der Waals surface area contributed by atoms with Gasteiger partial charge < -0.3 is 4.74 Å². The van der Waals surface area contributed by atoms with E-state index < -0.39 is 9.85 Å². The Hall–Kier alpha value is -2.67. The van der Waals surface area contributed by atoms with E-state index in [1.54, 1.807) is 6.07 Å². The Morgan fingerprint density at radius 1 is 1.00 bits per heavy atom. The zero-order valence-corrected chi connectivity index (χ0v) is 11.3. The summed E-state index contributed by atoms with van der Waals surface area (Å²) < 4.78 is 5.41. The van der Waals surface area contributed by atoms with Gasteiger partial charge in [-0.1, -0.05) is 17.7 Å². The molecule has 0 amide bonds. The van der Waals surface area contributed by atoms with Gasteiger partial charge in [-0.05, 0) is 23.8 Å². The van der Waals surface area contributed by atoms with Crippen LogP contribution in [0.1, 0.15) is 5.56 Å². The maximum atomic E-state index is 10.8. The van der Waals surface area contributed by atoms with Crippen LogP contribution in [0.3, 0.4) is 0 Å². The first-order valence-corrected chi connectivity index (χ1v) is 6.15. The van der Waals surface area contributed by atoms with Crippen LogP contribution in [0.15, 0.2) is 42.5 Å². The van der Waals surface area contributed by atoms with Crippen molar-refractivity contribution in [3.8, 4) is 5.75 Å². The summed E-state index contributed by atoms with van der Waals surface area (Å²) in [5, 5.41) is 21.3. The van der Waals surface area contributed by atoms with Gasteiger partial charge in [0.25, 0.3) is 11.4 Å². The number of benzene rings is 2. The van der Waals surface area contributed by atoms with Crippen molar-refractivity contribution in [3.63, 3.8) is 0 Å². The fourth-order valence-electron chi connectivity index (χ4n) is 1.62. The zero-order chi connectivity index (χ0) is 15.4. The lowest BCUT2D eigenvalue weighted by Gasteiger charge is -2.06. The van der Waals surface area contributed by atoms with Crippen molar-refractivity contribution in [1.29, 1.82) is 0 Å². The van der Waals surface area contributed by atoms with Crippen LogP contribution in [0.4, 0.5) is 11.4 Å². The van der Waals surface area contributed by atoms with Crippen molar-refractivity contribution in [2.45, 2.75) is 6.61 Å². The number of nitro groups is 2. The van der Waals surface area contributed by atoms with Crippen LogP contribution in [-0.4, -0.2) is 9.85 Å². The lowest BCUT2D eigenvalue weighted by molar-refractivity contribution is -0.385. The molecule has 0 saturated carbocycles. The van der Waals surface area contributed by atoms with Crippen molar-refractivity contribution in [2.75, 3.05) is 0 Å². The standard InChI is InChI=1S/C13H9ClN2O5/c14-12-6-1-9(7-13(12)16(19)20)8-21-11-4-2-10(3-5-11)15(17)18/h1-7H,8H2. The lowest BCUT2D eigenvalue weighted by Crippen LogP contribution is -1.97. The maximum Gasteiger partial charge on any atom is 0.288 e. The Balaban J connectivity index is 2.07. The quantitative estimate of drug-likeness (QED) is 0.619. The number of hydrogen-bond donors (Lipinski definition) is 0. The van der Waals surface area contributed by atoms with E-state index in [9.17, 15) is 20.2 Å². The number of halogens is 1. The average molecular weight is 309 g/mol. The number of nitro benzene ring substituents is 2. The molecule has 0 bridgehead atoms. The summed E-state index contributed by atoms with van der Waals surface area (Å²) in [5.74, 6) is 0.429. The van der Waals surface area contributed by atoms with Crippen LogP contribution in [-0.2, 0) is 6.61 Å². The molecule has 2 aromatic carbocycles. The second-order valence-corrected chi connectivity index (χ2v) is 4.49. The summed E-state index contributed by atoms with van der Waals surface area (Å²) in [5.41, 5.74) is 0.343. The minimum absolute atomic E-state index is 0.0375. The maximum absolute atomic E-state index is 10.8. The smallest absolute Gasteiger partial charge is 0.288 e. The largest absolute Gasteiger partial charge is 0.489 e. The predicted molar refractivity (Wildman–Crippen MR) is 75.5 cm³/mol. The molecule has 2 rings (SSSR count). The van der Waals surface area contributed by atoms with Crippen molar-refractivity contribution < 1.29 is 14.6 Å². The number of nitrogens with zero attached hydrogens (tertiary/aromatic N) is 2. The van der Waals surface area contributed by atoms with Gasteiger partial charge in [-0.2, -0.15) is 0 Å². The first-order valence-electron chi connectivity index (χ1n) is 5.77. The van der Waals surface area contributed by atoms with Crippen LogP contribution in [0, 0.1) is 20.2 Å². The molecule has 0 heterocycles. The molecular weight excluding hydrogens is 300 g/mol. The molecule has 0 unspecified atom stereocenters. The summed E-state index contributed by atoms with van der Waals surface area (Å²) in [7, 11) is 0. The minimum atomic E-state index is -0.572. The van der Waals surface area contributed by atoms with Crippen LogP contribution in [0.5, 0.6) is 5.75 Å². The number of ether oxygens (including phenoxy) is 1. The molecule has 0 aromatic heterocycles. The molecule has 0 aliphatic carbocycles. The van der Waals surface area contributed by atoms with Gasteiger partial charge in [-0.3, -0.25) is 20.2 Å². The highest BCUT2D eigenvalue weighted by Gasteiger charge is 2.13. The van der Waals surface area contributed by atoms with E-state index >= 15 is 0 Å². The van der Waals surface area contributed by atoms with Gasteiger partial charge in [0, 0.05) is 18.2 Å². The Labute approximate surface area is 124 Å². The van der Waals surface area contributed by atoms with Crippen molar-refractivity contribution in [3.05, 3.63) is 73.3 Å². The highest BCUT2D eigenvalue weighted by atomic mass is 35.5. The highest BCUT2D eigenvalue weighted by Crippen LogP contribution is 2.26. The van der Waals surface area contributed by atoms with Crippen molar-refractivity contribution >= 4 is 23.0 Å². The molecule has 7 nitrogen and oxygen atoms in total. The van der Waals surface area contributed by atoms with E-state index in [0.717, 1.165) is 0 Å². The van der Waals surface area contributed by atoms with Crippen LogP contribution in [0.25, 0.3) is 0 Å². The second kappa shape index (κ2) is 6.19. The molecular formula is C13H9ClN2O5. The zero-order valence-electron chi connectivity index (χ0n) is 10.6. The molecule has 0 atom stereocenters. The Kier molecular flexibility index (Phi) is 4.34.